The fourth-order valence-corrected chi connectivity index (χ4v) is 6.38. The maximum atomic E-state index is 13.8. The van der Waals surface area contributed by atoms with E-state index in [1.807, 2.05) is 31.2 Å². The van der Waals surface area contributed by atoms with Crippen LogP contribution in [-0.4, -0.2) is 44.0 Å². The third-order valence-corrected chi connectivity index (χ3v) is 8.73. The highest BCUT2D eigenvalue weighted by Gasteiger charge is 2.31. The van der Waals surface area contributed by atoms with Gasteiger partial charge in [-0.2, -0.15) is 11.8 Å². The van der Waals surface area contributed by atoms with E-state index in [1.54, 1.807) is 12.1 Å². The predicted molar refractivity (Wildman–Crippen MR) is 129 cm³/mol. The van der Waals surface area contributed by atoms with Gasteiger partial charge in [0.05, 0.1) is 5.75 Å². The number of sulfonamides is 1. The van der Waals surface area contributed by atoms with E-state index < -0.39 is 10.0 Å². The first-order chi connectivity index (χ1) is 15.3. The van der Waals surface area contributed by atoms with Crippen LogP contribution in [0.15, 0.2) is 42.5 Å². The molecule has 3 rings (SSSR count). The summed E-state index contributed by atoms with van der Waals surface area (Å²) in [5, 5.41) is 3.32. The first-order valence-electron chi connectivity index (χ1n) is 10.6. The highest BCUT2D eigenvalue weighted by molar-refractivity contribution is 7.98. The number of nitrogens with zero attached hydrogens (tertiary/aromatic N) is 1. The molecule has 1 amide bonds. The Morgan fingerprint density at radius 2 is 1.88 bits per heavy atom. The fourth-order valence-electron chi connectivity index (χ4n) is 3.62. The lowest BCUT2D eigenvalue weighted by Gasteiger charge is -2.30. The molecule has 2 aromatic rings. The number of rotatable bonds is 9. The summed E-state index contributed by atoms with van der Waals surface area (Å²) in [5.41, 5.74) is 2.33. The van der Waals surface area contributed by atoms with Crippen molar-refractivity contribution in [3.8, 4) is 0 Å². The van der Waals surface area contributed by atoms with Crippen molar-refractivity contribution >= 4 is 39.3 Å². The number of hydrogen-bond acceptors (Lipinski definition) is 4. The quantitative estimate of drug-likeness (QED) is 0.521. The van der Waals surface area contributed by atoms with Crippen molar-refractivity contribution < 1.29 is 17.6 Å². The number of hydrogen-bond donors (Lipinski definition) is 1. The van der Waals surface area contributed by atoms with Gasteiger partial charge < -0.3 is 5.32 Å². The highest BCUT2D eigenvalue weighted by atomic mass is 35.5. The maximum absolute atomic E-state index is 13.8. The van der Waals surface area contributed by atoms with Crippen LogP contribution in [0.2, 0.25) is 5.02 Å². The van der Waals surface area contributed by atoms with E-state index in [9.17, 15) is 17.6 Å². The monoisotopic (exact) mass is 498 g/mol. The summed E-state index contributed by atoms with van der Waals surface area (Å²) in [6.07, 6.45) is 1.02. The maximum Gasteiger partial charge on any atom is 0.223 e. The zero-order valence-corrected chi connectivity index (χ0v) is 20.4. The molecule has 0 unspecified atom stereocenters. The number of nitrogens with one attached hydrogen (secondary N) is 1. The van der Waals surface area contributed by atoms with Crippen molar-refractivity contribution in [1.29, 1.82) is 0 Å². The van der Waals surface area contributed by atoms with Crippen LogP contribution in [0, 0.1) is 18.7 Å². The summed E-state index contributed by atoms with van der Waals surface area (Å²) in [6.45, 7) is 3.15. The van der Waals surface area contributed by atoms with Gasteiger partial charge in [0.15, 0.2) is 0 Å². The number of carbonyl (C=O) groups excluding carboxylic acids is 1. The lowest BCUT2D eigenvalue weighted by Crippen LogP contribution is -2.43. The third-order valence-electron chi connectivity index (χ3n) is 5.54. The third kappa shape index (κ3) is 6.94. The smallest absolute Gasteiger partial charge is 0.223 e. The highest BCUT2D eigenvalue weighted by Crippen LogP contribution is 2.24. The molecule has 0 spiro atoms. The van der Waals surface area contributed by atoms with Crippen LogP contribution < -0.4 is 5.32 Å². The van der Waals surface area contributed by atoms with E-state index in [0.29, 0.717) is 54.6 Å². The predicted octanol–water partition coefficient (Wildman–Crippen LogP) is 4.38. The minimum atomic E-state index is -3.40. The minimum Gasteiger partial charge on any atom is -0.355 e. The van der Waals surface area contributed by atoms with Gasteiger partial charge in [-0.25, -0.2) is 17.1 Å². The minimum absolute atomic E-state index is 0.0204. The summed E-state index contributed by atoms with van der Waals surface area (Å²) < 4.78 is 40.7. The van der Waals surface area contributed by atoms with Crippen LogP contribution in [-0.2, 0) is 26.3 Å². The van der Waals surface area contributed by atoms with E-state index >= 15 is 0 Å². The first kappa shape index (κ1) is 25.0. The van der Waals surface area contributed by atoms with Crippen LogP contribution in [0.3, 0.4) is 0 Å². The van der Waals surface area contributed by atoms with Crippen LogP contribution in [0.25, 0.3) is 0 Å². The van der Waals surface area contributed by atoms with Gasteiger partial charge in [-0.3, -0.25) is 4.79 Å². The molecule has 32 heavy (non-hydrogen) atoms. The molecule has 1 aliphatic heterocycles. The van der Waals surface area contributed by atoms with Crippen molar-refractivity contribution in [1.82, 2.24) is 9.62 Å². The molecule has 5 nitrogen and oxygen atoms in total. The Kier molecular flexibility index (Phi) is 8.99. The van der Waals surface area contributed by atoms with Gasteiger partial charge in [0.25, 0.3) is 0 Å². The molecule has 0 aliphatic carbocycles. The van der Waals surface area contributed by atoms with Crippen molar-refractivity contribution in [2.24, 2.45) is 5.92 Å². The molecule has 1 heterocycles. The number of aryl methyl sites for hydroxylation is 1. The van der Waals surface area contributed by atoms with E-state index in [-0.39, 0.29) is 23.4 Å². The van der Waals surface area contributed by atoms with Crippen molar-refractivity contribution in [3.05, 3.63) is 70.0 Å². The molecule has 1 saturated heterocycles. The molecule has 0 radical (unpaired) electrons. The Balaban J connectivity index is 1.38. The molecule has 1 aliphatic rings. The lowest BCUT2D eigenvalue weighted by molar-refractivity contribution is -0.125. The molecule has 1 fully saturated rings. The van der Waals surface area contributed by atoms with Crippen molar-refractivity contribution in [2.75, 3.05) is 25.4 Å². The topological polar surface area (TPSA) is 66.5 Å². The Labute approximate surface area is 198 Å². The number of carbonyl (C=O) groups is 1. The van der Waals surface area contributed by atoms with Gasteiger partial charge >= 0.3 is 0 Å². The largest absolute Gasteiger partial charge is 0.355 e. The van der Waals surface area contributed by atoms with Gasteiger partial charge in [0.2, 0.25) is 15.9 Å². The Morgan fingerprint density at radius 1 is 1.19 bits per heavy atom. The first-order valence-corrected chi connectivity index (χ1v) is 13.7. The van der Waals surface area contributed by atoms with Crippen LogP contribution >= 0.6 is 23.4 Å². The molecule has 0 saturated carbocycles. The van der Waals surface area contributed by atoms with Gasteiger partial charge in [-0.15, -0.1) is 0 Å². The van der Waals surface area contributed by atoms with Crippen LogP contribution in [0.1, 0.15) is 29.5 Å². The molecule has 2 aromatic carbocycles. The molecule has 0 aromatic heterocycles. The summed E-state index contributed by atoms with van der Waals surface area (Å²) in [4.78, 5) is 12.4. The van der Waals surface area contributed by atoms with Gasteiger partial charge in [-0.1, -0.05) is 47.5 Å². The average molecular weight is 499 g/mol. The van der Waals surface area contributed by atoms with Crippen LogP contribution in [0.5, 0.6) is 0 Å². The van der Waals surface area contributed by atoms with Gasteiger partial charge in [-0.05, 0) is 37.5 Å². The van der Waals surface area contributed by atoms with Crippen LogP contribution in [0.4, 0.5) is 4.39 Å². The Bertz CT molecular complexity index is 1000. The molecular weight excluding hydrogens is 471 g/mol. The molecule has 1 N–H and O–H groups in total. The van der Waals surface area contributed by atoms with Crippen molar-refractivity contribution in [2.45, 2.75) is 31.3 Å². The van der Waals surface area contributed by atoms with Crippen molar-refractivity contribution in [3.63, 3.8) is 0 Å². The molecule has 9 heteroatoms. The summed E-state index contributed by atoms with van der Waals surface area (Å²) >= 11 is 7.52. The normalized spacial score (nSPS) is 15.6. The zero-order chi connectivity index (χ0) is 23.1. The van der Waals surface area contributed by atoms with Gasteiger partial charge in [0, 0.05) is 47.6 Å². The number of benzene rings is 2. The number of amides is 1. The summed E-state index contributed by atoms with van der Waals surface area (Å²) in [5.74, 6) is 0.502. The number of piperidine rings is 1. The van der Waals surface area contributed by atoms with E-state index in [2.05, 4.69) is 5.32 Å². The number of halogens is 2. The summed E-state index contributed by atoms with van der Waals surface area (Å²) in [7, 11) is -3.40. The Hall–Kier alpha value is -1.61. The fraction of sp³-hybridized carbons (Fsp3) is 0.435. The van der Waals surface area contributed by atoms with E-state index in [0.717, 1.165) is 11.1 Å². The molecule has 0 atom stereocenters. The lowest BCUT2D eigenvalue weighted by atomic mass is 9.97. The van der Waals surface area contributed by atoms with E-state index in [4.69, 9.17) is 11.6 Å². The second kappa shape index (κ2) is 11.5. The average Bonchev–Trinajstić information content (AvgIpc) is 2.77. The molecule has 174 valence electrons. The summed E-state index contributed by atoms with van der Waals surface area (Å²) in [6, 6.07) is 12.1. The second-order valence-electron chi connectivity index (χ2n) is 7.96. The SMILES string of the molecule is Cc1ccc(CS(=O)(=O)N2CCC(C(=O)NCCSCc3c(F)cccc3Cl)CC2)cc1. The molecular formula is C23H28ClFN2O3S2. The Morgan fingerprint density at radius 3 is 2.53 bits per heavy atom. The molecule has 0 bridgehead atoms. The van der Waals surface area contributed by atoms with E-state index in [1.165, 1.54) is 22.1 Å². The standard InChI is InChI=1S/C23H28ClFN2O3S2/c1-17-5-7-18(8-6-17)16-32(29,30)27-12-9-19(10-13-27)23(28)26-11-14-31-15-20-21(24)3-2-4-22(20)25/h2-8,19H,9-16H2,1H3,(H,26,28). The second-order valence-corrected chi connectivity index (χ2v) is 11.4. The number of thioether (sulfide) groups is 1. The van der Waals surface area contributed by atoms with Gasteiger partial charge in [0.1, 0.15) is 5.82 Å². The zero-order valence-electron chi connectivity index (χ0n) is 18.0.